The van der Waals surface area contributed by atoms with Gasteiger partial charge in [-0.2, -0.15) is 17.8 Å². The fourth-order valence-corrected chi connectivity index (χ4v) is 21.4. The molecule has 5 rings (SSSR count). The zero-order valence-corrected chi connectivity index (χ0v) is 67.9. The lowest BCUT2D eigenvalue weighted by Crippen LogP contribution is -2.13. The second-order valence-corrected chi connectivity index (χ2v) is 37.5. The van der Waals surface area contributed by atoms with Gasteiger partial charge < -0.3 is 52.8 Å². The summed E-state index contributed by atoms with van der Waals surface area (Å²) in [6.45, 7) is 3.54. The number of carbonyl (C=O) groups is 2. The summed E-state index contributed by atoms with van der Waals surface area (Å²) in [5.41, 5.74) is 33.3. The Morgan fingerprint density at radius 2 is 0.774 bits per heavy atom. The first-order chi connectivity index (χ1) is 50.7. The van der Waals surface area contributed by atoms with Gasteiger partial charge in [0, 0.05) is 59.0 Å². The van der Waals surface area contributed by atoms with E-state index in [9.17, 15) is 37.0 Å². The monoisotopic (exact) mass is 1680 g/mol. The fourth-order valence-electron chi connectivity index (χ4n) is 9.51. The third kappa shape index (κ3) is 61.8. The Hall–Kier alpha value is -3.90. The van der Waals surface area contributed by atoms with E-state index in [1.807, 2.05) is 6.07 Å². The molecule has 0 aliphatic carbocycles. The number of carbonyl (C=O) groups excluding carboxylic acids is 2. The first-order valence-electron chi connectivity index (χ1n) is 35.4. The van der Waals surface area contributed by atoms with Crippen LogP contribution in [0.2, 0.25) is 0 Å². The van der Waals surface area contributed by atoms with Gasteiger partial charge in [0.15, 0.2) is 0 Å². The summed E-state index contributed by atoms with van der Waals surface area (Å²) in [5, 5.41) is 31.1. The van der Waals surface area contributed by atoms with E-state index in [0.29, 0.717) is 75.0 Å². The third-order valence-corrected chi connectivity index (χ3v) is 28.1. The van der Waals surface area contributed by atoms with E-state index >= 15 is 0 Å². The number of phosphoric acid groups is 3. The number of azide groups is 4. The maximum Gasteiger partial charge on any atom is 0.515 e. The summed E-state index contributed by atoms with van der Waals surface area (Å²) >= 11 is 5.54. The SMILES string of the molecule is O=C1OP(Cl)Oc2ccccc21.O=[P+](O)CP(=O)(O)CP(=O)(O)O.[N-]=[N+]=NCCCCCCCCCCCO.[N-]=[N+]=NCCCCCCCCCCCO.[N-]=[N+]=NCCCCCCCCCCCOP1(=O)OP(=O)(O)OP(=O)(O)O1.[N-]=[N+]=NCCCCCCCCCCCOP1OC(=O)c2ccccc2O1. The topological polar surface area (TPSA) is 577 Å². The summed E-state index contributed by atoms with van der Waals surface area (Å²) in [6.07, 6.45) is 40.0. The van der Waals surface area contributed by atoms with E-state index in [-0.39, 0.29) is 12.6 Å². The van der Waals surface area contributed by atoms with Crippen molar-refractivity contribution in [2.24, 2.45) is 20.5 Å². The van der Waals surface area contributed by atoms with Crippen LogP contribution >= 0.6 is 74.0 Å². The van der Waals surface area contributed by atoms with Gasteiger partial charge in [-0.3, -0.25) is 18.2 Å². The molecule has 604 valence electrons. The van der Waals surface area contributed by atoms with Crippen molar-refractivity contribution in [1.29, 1.82) is 0 Å². The zero-order valence-electron chi connectivity index (χ0n) is 60.0. The summed E-state index contributed by atoms with van der Waals surface area (Å²) in [5.74, 6) is -1.99. The highest BCUT2D eigenvalue weighted by Crippen LogP contribution is 2.80. The number of nitrogens with zero attached hydrogens (tertiary/aromatic N) is 12. The van der Waals surface area contributed by atoms with Crippen LogP contribution < -0.4 is 9.05 Å². The smallest absolute Gasteiger partial charge is 0.426 e. The minimum atomic E-state index is -4.97. The number of para-hydroxylation sites is 2. The molecule has 106 heavy (non-hydrogen) atoms. The molecule has 46 heteroatoms. The van der Waals surface area contributed by atoms with Crippen LogP contribution in [0.3, 0.4) is 0 Å². The molecule has 37 nitrogen and oxygen atoms in total. The van der Waals surface area contributed by atoms with Crippen molar-refractivity contribution < 1.29 is 117 Å². The third-order valence-electron chi connectivity index (χ3n) is 14.6. The molecule has 2 aromatic rings. The molecule has 6 unspecified atom stereocenters. The highest BCUT2D eigenvalue weighted by Gasteiger charge is 2.54. The molecule has 0 bridgehead atoms. The van der Waals surface area contributed by atoms with Gasteiger partial charge in [-0.05, 0) is 114 Å². The number of hydrogen-bond acceptors (Lipinski definition) is 23. The average molecular weight is 1680 g/mol. The molecule has 0 spiro atoms. The molecule has 6 atom stereocenters. The molecule has 0 amide bonds. The van der Waals surface area contributed by atoms with Crippen LogP contribution in [0.4, 0.5) is 0 Å². The standard InChI is InChI=1S/C18H26N3O4P.C11H24N3O9P3.2C11H23N3O.C7H4ClO3P.C2H7O7P3/c19-21-20-14-10-6-4-2-1-3-5-7-11-15-23-26-24-17-13-9-8-12-16(17)18(22)25-26;12-14-13-10-8-6-4-2-1-3-5-7-9-11-20-26(19)22-24(15,16)21-25(17,18)23-26;2*12-14-13-10-8-6-4-2-1-3-5-7-9-11-15;8-12-10-6-4-2-1-3-5(6)7(9)11-12;3-10(4)1-11(5,6)2-12(7,8)9/h8-9,12-13H,1-7,10-11,14-15H2;1-11H2,(H,15,16)(H,17,18);2*15H,1-11H2;1-4H;1-2H2,(H3-,3,4,5,6,7,8,9)/p+1. The first-order valence-corrected chi connectivity index (χ1v) is 48.2. The molecular formula is C60H108ClN12O25P8+. The molecule has 1 saturated heterocycles. The van der Waals surface area contributed by atoms with Gasteiger partial charge in [0.1, 0.15) is 28.5 Å². The van der Waals surface area contributed by atoms with E-state index in [4.69, 9.17) is 95.6 Å². The predicted octanol–water partition coefficient (Wildman–Crippen LogP) is 21.9. The van der Waals surface area contributed by atoms with Gasteiger partial charge >= 0.3 is 67.4 Å². The minimum Gasteiger partial charge on any atom is -0.426 e. The van der Waals surface area contributed by atoms with Crippen molar-refractivity contribution >= 4 is 86.0 Å². The van der Waals surface area contributed by atoms with Gasteiger partial charge in [0.2, 0.25) is 0 Å². The number of halogens is 1. The van der Waals surface area contributed by atoms with Gasteiger partial charge in [0.25, 0.3) is 13.3 Å². The highest BCUT2D eigenvalue weighted by molar-refractivity contribution is 7.77. The van der Waals surface area contributed by atoms with Crippen LogP contribution in [0.25, 0.3) is 41.8 Å². The molecular weight excluding hydrogens is 1570 g/mol. The van der Waals surface area contributed by atoms with E-state index in [1.54, 1.807) is 42.5 Å². The molecule has 1 fully saturated rings. The zero-order chi connectivity index (χ0) is 78.9. The summed E-state index contributed by atoms with van der Waals surface area (Å²) in [4.78, 5) is 85.5. The van der Waals surface area contributed by atoms with Crippen LogP contribution in [0.15, 0.2) is 69.0 Å². The number of benzene rings is 2. The predicted molar refractivity (Wildman–Crippen MR) is 405 cm³/mol. The molecule has 0 saturated carbocycles. The van der Waals surface area contributed by atoms with Crippen molar-refractivity contribution in [1.82, 2.24) is 0 Å². The Morgan fingerprint density at radius 1 is 0.462 bits per heavy atom. The van der Waals surface area contributed by atoms with Crippen molar-refractivity contribution in [3.05, 3.63) is 101 Å². The van der Waals surface area contributed by atoms with Gasteiger partial charge in [0.05, 0.1) is 13.2 Å². The van der Waals surface area contributed by atoms with Crippen LogP contribution in [0.1, 0.15) is 252 Å². The highest BCUT2D eigenvalue weighted by atomic mass is 35.7. The first kappa shape index (κ1) is 102. The van der Waals surface area contributed by atoms with Crippen molar-refractivity contribution in [3.8, 4) is 11.5 Å². The quantitative estimate of drug-likeness (QED) is 0.0100. The Kier molecular flexibility index (Phi) is 63.4. The molecule has 3 aliphatic heterocycles. The Morgan fingerprint density at radius 3 is 1.11 bits per heavy atom. The lowest BCUT2D eigenvalue weighted by Gasteiger charge is -2.26. The fraction of sp³-hybridized carbons (Fsp3) is 0.767. The maximum atomic E-state index is 11.9. The van der Waals surface area contributed by atoms with E-state index in [2.05, 4.69) is 57.6 Å². The number of aliphatic hydroxyl groups is 2. The van der Waals surface area contributed by atoms with Crippen molar-refractivity contribution in [2.75, 3.05) is 64.4 Å². The van der Waals surface area contributed by atoms with Crippen LogP contribution in [0, 0.1) is 0 Å². The number of unbranched alkanes of at least 4 members (excludes halogenated alkanes) is 32. The van der Waals surface area contributed by atoms with Crippen LogP contribution in [0.5, 0.6) is 11.5 Å². The Balaban J connectivity index is 0.00000129. The van der Waals surface area contributed by atoms with Crippen LogP contribution in [-0.2, 0) is 58.4 Å². The Labute approximate surface area is 628 Å². The molecule has 2 aromatic carbocycles. The summed E-state index contributed by atoms with van der Waals surface area (Å²) in [6, 6.07) is 13.9. The van der Waals surface area contributed by atoms with E-state index < -0.39 is 80.6 Å². The number of rotatable bonds is 52. The van der Waals surface area contributed by atoms with Crippen molar-refractivity contribution in [3.63, 3.8) is 0 Å². The molecule has 3 aliphatic rings. The average Bonchev–Trinajstić information content (AvgIpc) is 0.762. The number of hydrogen-bond donors (Lipinski definition) is 8. The van der Waals surface area contributed by atoms with Gasteiger partial charge in [-0.25, -0.2) is 23.3 Å². The second-order valence-electron chi connectivity index (χ2n) is 23.8. The second kappa shape index (κ2) is 65.8. The summed E-state index contributed by atoms with van der Waals surface area (Å²) in [7, 11) is -29.4. The maximum absolute atomic E-state index is 11.9. The lowest BCUT2D eigenvalue weighted by molar-refractivity contribution is 0.0668. The number of aliphatic hydroxyl groups excluding tert-OH is 2. The molecule has 0 radical (unpaired) electrons. The van der Waals surface area contributed by atoms with Crippen molar-refractivity contribution in [2.45, 2.75) is 231 Å². The van der Waals surface area contributed by atoms with E-state index in [1.165, 1.54) is 109 Å². The summed E-state index contributed by atoms with van der Waals surface area (Å²) < 4.78 is 108. The molecule has 3 heterocycles. The van der Waals surface area contributed by atoms with Crippen LogP contribution in [-0.4, -0.2) is 116 Å². The molecule has 0 aromatic heterocycles. The largest absolute Gasteiger partial charge is 0.515 e. The Bertz CT molecular complexity index is 3130. The number of fused-ring (bicyclic) bond motifs is 2. The normalized spacial score (nSPS) is 18.8. The van der Waals surface area contributed by atoms with Gasteiger partial charge in [-0.15, -0.1) is 0 Å². The minimum absolute atomic E-state index is 0.114. The van der Waals surface area contributed by atoms with E-state index in [0.717, 1.165) is 116 Å². The lowest BCUT2D eigenvalue weighted by atomic mass is 10.1. The van der Waals surface area contributed by atoms with Gasteiger partial charge in [-0.1, -0.05) is 225 Å². The molecule has 8 N–H and O–H groups in total.